The second kappa shape index (κ2) is 8.77. The highest BCUT2D eigenvalue weighted by atomic mass is 16.5. The first-order chi connectivity index (χ1) is 11.1. The van der Waals surface area contributed by atoms with Crippen LogP contribution in [0.15, 0.2) is 35.3 Å². The van der Waals surface area contributed by atoms with Gasteiger partial charge in [0.1, 0.15) is 0 Å². The number of hydrogen-bond donors (Lipinski definition) is 2. The van der Waals surface area contributed by atoms with Crippen LogP contribution >= 0.6 is 0 Å². The minimum Gasteiger partial charge on any atom is -0.375 e. The number of para-hydroxylation sites is 1. The molecule has 0 bridgehead atoms. The van der Waals surface area contributed by atoms with Gasteiger partial charge in [-0.15, -0.1) is 0 Å². The van der Waals surface area contributed by atoms with Gasteiger partial charge >= 0.3 is 0 Å². The quantitative estimate of drug-likeness (QED) is 0.460. The molecule has 2 rings (SSSR count). The molecule has 5 heteroatoms. The standard InChI is InChI=1S/C18H30N4O/c1-18(11-7-14-23-18)15-21-17(19-2)20-12-8-13-22(3)16-9-5-4-6-10-16/h4-6,9-10H,7-8,11-15H2,1-3H3,(H2,19,20,21). The summed E-state index contributed by atoms with van der Waals surface area (Å²) in [4.78, 5) is 6.55. The average Bonchev–Trinajstić information content (AvgIpc) is 3.01. The molecule has 1 fully saturated rings. The summed E-state index contributed by atoms with van der Waals surface area (Å²) >= 11 is 0. The molecule has 1 atom stereocenters. The van der Waals surface area contributed by atoms with Crippen molar-refractivity contribution in [3.05, 3.63) is 30.3 Å². The Kier molecular flexibility index (Phi) is 6.71. The number of hydrogen-bond acceptors (Lipinski definition) is 3. The summed E-state index contributed by atoms with van der Waals surface area (Å²) in [5.41, 5.74) is 1.20. The second-order valence-corrected chi connectivity index (χ2v) is 6.37. The predicted molar refractivity (Wildman–Crippen MR) is 97.3 cm³/mol. The lowest BCUT2D eigenvalue weighted by molar-refractivity contribution is 0.0243. The highest BCUT2D eigenvalue weighted by Gasteiger charge is 2.29. The summed E-state index contributed by atoms with van der Waals surface area (Å²) in [5, 5.41) is 6.75. The van der Waals surface area contributed by atoms with E-state index in [2.05, 4.69) is 58.8 Å². The van der Waals surface area contributed by atoms with E-state index in [4.69, 9.17) is 4.74 Å². The van der Waals surface area contributed by atoms with Gasteiger partial charge in [-0.3, -0.25) is 4.99 Å². The third-order valence-electron chi connectivity index (χ3n) is 4.31. The lowest BCUT2D eigenvalue weighted by Gasteiger charge is -2.25. The molecule has 1 aromatic rings. The minimum atomic E-state index is -0.0504. The molecule has 2 N–H and O–H groups in total. The third-order valence-corrected chi connectivity index (χ3v) is 4.31. The van der Waals surface area contributed by atoms with E-state index in [-0.39, 0.29) is 5.60 Å². The van der Waals surface area contributed by atoms with Gasteiger partial charge in [0, 0.05) is 46.0 Å². The number of aliphatic imine (C=N–C) groups is 1. The Morgan fingerprint density at radius 3 is 2.74 bits per heavy atom. The fourth-order valence-electron chi connectivity index (χ4n) is 2.80. The van der Waals surface area contributed by atoms with Crippen LogP contribution < -0.4 is 15.5 Å². The van der Waals surface area contributed by atoms with Crippen LogP contribution in [0.5, 0.6) is 0 Å². The highest BCUT2D eigenvalue weighted by Crippen LogP contribution is 2.23. The van der Waals surface area contributed by atoms with Crippen molar-refractivity contribution in [2.24, 2.45) is 4.99 Å². The summed E-state index contributed by atoms with van der Waals surface area (Å²) in [7, 11) is 3.93. The molecule has 0 aromatic heterocycles. The van der Waals surface area contributed by atoms with E-state index >= 15 is 0 Å². The van der Waals surface area contributed by atoms with Crippen molar-refractivity contribution in [1.82, 2.24) is 10.6 Å². The van der Waals surface area contributed by atoms with E-state index in [0.29, 0.717) is 0 Å². The number of ether oxygens (including phenoxy) is 1. The van der Waals surface area contributed by atoms with E-state index in [1.165, 1.54) is 5.69 Å². The van der Waals surface area contributed by atoms with E-state index < -0.39 is 0 Å². The Morgan fingerprint density at radius 1 is 1.30 bits per heavy atom. The Balaban J connectivity index is 1.64. The molecule has 0 radical (unpaired) electrons. The number of anilines is 1. The molecule has 1 aliphatic rings. The SMILES string of the molecule is CN=C(NCCCN(C)c1ccccc1)NCC1(C)CCCO1. The van der Waals surface area contributed by atoms with Gasteiger partial charge in [0.05, 0.1) is 5.60 Å². The van der Waals surface area contributed by atoms with Crippen molar-refractivity contribution in [2.45, 2.75) is 31.8 Å². The van der Waals surface area contributed by atoms with E-state index in [9.17, 15) is 0 Å². The lowest BCUT2D eigenvalue weighted by atomic mass is 10.0. The maximum absolute atomic E-state index is 5.79. The van der Waals surface area contributed by atoms with Gasteiger partial charge in [-0.05, 0) is 38.3 Å². The minimum absolute atomic E-state index is 0.0504. The zero-order valence-corrected chi connectivity index (χ0v) is 14.6. The monoisotopic (exact) mass is 318 g/mol. The molecule has 1 aliphatic heterocycles. The molecule has 0 spiro atoms. The van der Waals surface area contributed by atoms with Crippen LogP contribution in [0.2, 0.25) is 0 Å². The maximum Gasteiger partial charge on any atom is 0.191 e. The Hall–Kier alpha value is -1.75. The van der Waals surface area contributed by atoms with Crippen LogP contribution in [0.1, 0.15) is 26.2 Å². The molecule has 1 aromatic carbocycles. The van der Waals surface area contributed by atoms with Gasteiger partial charge in [-0.2, -0.15) is 0 Å². The summed E-state index contributed by atoms with van der Waals surface area (Å²) in [5.74, 6) is 0.851. The molecule has 0 saturated carbocycles. The van der Waals surface area contributed by atoms with Crippen LogP contribution in [0.25, 0.3) is 0 Å². The van der Waals surface area contributed by atoms with Gasteiger partial charge in [-0.1, -0.05) is 18.2 Å². The predicted octanol–water partition coefficient (Wildman–Crippen LogP) is 2.25. The largest absolute Gasteiger partial charge is 0.375 e. The van der Waals surface area contributed by atoms with Gasteiger partial charge in [-0.25, -0.2) is 0 Å². The molecule has 5 nitrogen and oxygen atoms in total. The van der Waals surface area contributed by atoms with Crippen molar-refractivity contribution < 1.29 is 4.74 Å². The van der Waals surface area contributed by atoms with E-state index in [1.54, 1.807) is 0 Å². The first-order valence-electron chi connectivity index (χ1n) is 8.48. The molecule has 1 unspecified atom stereocenters. The van der Waals surface area contributed by atoms with Crippen molar-refractivity contribution in [3.8, 4) is 0 Å². The molecule has 23 heavy (non-hydrogen) atoms. The number of guanidine groups is 1. The van der Waals surface area contributed by atoms with Gasteiger partial charge in [0.2, 0.25) is 0 Å². The fraction of sp³-hybridized carbons (Fsp3) is 0.611. The average molecular weight is 318 g/mol. The normalized spacial score (nSPS) is 21.3. The van der Waals surface area contributed by atoms with Crippen LogP contribution in [0, 0.1) is 0 Å². The van der Waals surface area contributed by atoms with Gasteiger partial charge < -0.3 is 20.3 Å². The summed E-state index contributed by atoms with van der Waals surface area (Å²) in [6, 6.07) is 10.5. The fourth-order valence-corrected chi connectivity index (χ4v) is 2.80. The van der Waals surface area contributed by atoms with Crippen LogP contribution in [-0.2, 0) is 4.74 Å². The highest BCUT2D eigenvalue weighted by molar-refractivity contribution is 5.79. The summed E-state index contributed by atoms with van der Waals surface area (Å²) < 4.78 is 5.79. The molecule has 1 heterocycles. The van der Waals surface area contributed by atoms with E-state index in [1.807, 2.05) is 13.1 Å². The van der Waals surface area contributed by atoms with Crippen molar-refractivity contribution in [2.75, 3.05) is 45.2 Å². The maximum atomic E-state index is 5.79. The molecule has 0 aliphatic carbocycles. The Labute approximate surface area is 140 Å². The molecule has 1 saturated heterocycles. The lowest BCUT2D eigenvalue weighted by Crippen LogP contribution is -2.46. The van der Waals surface area contributed by atoms with Crippen molar-refractivity contribution >= 4 is 11.6 Å². The van der Waals surface area contributed by atoms with Crippen LogP contribution in [0.3, 0.4) is 0 Å². The van der Waals surface area contributed by atoms with Gasteiger partial charge in [0.15, 0.2) is 5.96 Å². The molecular formula is C18H30N4O. The van der Waals surface area contributed by atoms with Gasteiger partial charge in [0.25, 0.3) is 0 Å². The first-order valence-corrected chi connectivity index (χ1v) is 8.48. The zero-order chi connectivity index (χ0) is 16.5. The molecule has 0 amide bonds. The molecule has 128 valence electrons. The van der Waals surface area contributed by atoms with Crippen LogP contribution in [0.4, 0.5) is 5.69 Å². The Bertz CT molecular complexity index is 483. The zero-order valence-electron chi connectivity index (χ0n) is 14.6. The Morgan fingerprint density at radius 2 is 2.09 bits per heavy atom. The second-order valence-electron chi connectivity index (χ2n) is 6.37. The third kappa shape index (κ3) is 5.75. The number of nitrogens with zero attached hydrogens (tertiary/aromatic N) is 2. The molecular weight excluding hydrogens is 288 g/mol. The first kappa shape index (κ1) is 17.6. The van der Waals surface area contributed by atoms with Crippen molar-refractivity contribution in [3.63, 3.8) is 0 Å². The summed E-state index contributed by atoms with van der Waals surface area (Å²) in [6.07, 6.45) is 3.31. The summed E-state index contributed by atoms with van der Waals surface area (Å²) in [6.45, 7) is 5.74. The number of rotatable bonds is 7. The van der Waals surface area contributed by atoms with Crippen LogP contribution in [-0.4, -0.2) is 51.9 Å². The number of benzene rings is 1. The number of nitrogens with one attached hydrogen (secondary N) is 2. The van der Waals surface area contributed by atoms with E-state index in [0.717, 1.165) is 51.5 Å². The smallest absolute Gasteiger partial charge is 0.191 e. The van der Waals surface area contributed by atoms with Crippen molar-refractivity contribution in [1.29, 1.82) is 0 Å². The topological polar surface area (TPSA) is 48.9 Å².